The van der Waals surface area contributed by atoms with Crippen molar-refractivity contribution in [3.8, 4) is 0 Å². The number of anilines is 1. The number of pyridine rings is 1. The molecule has 0 amide bonds. The maximum absolute atomic E-state index is 12.8. The lowest BCUT2D eigenvalue weighted by Crippen LogP contribution is -2.42. The highest BCUT2D eigenvalue weighted by molar-refractivity contribution is 6.04. The summed E-state index contributed by atoms with van der Waals surface area (Å²) >= 11 is 0. The van der Waals surface area contributed by atoms with Crippen LogP contribution in [0, 0.1) is 18.3 Å². The van der Waals surface area contributed by atoms with Gasteiger partial charge in [0.15, 0.2) is 5.78 Å². The number of nitrogen functional groups attached to an aromatic ring is 1. The van der Waals surface area contributed by atoms with Gasteiger partial charge in [0.2, 0.25) is 0 Å². The van der Waals surface area contributed by atoms with E-state index >= 15 is 0 Å². The topological polar surface area (TPSA) is 82.0 Å². The van der Waals surface area contributed by atoms with Gasteiger partial charge in [0.1, 0.15) is 5.82 Å². The SMILES string of the molecule is Cc1cnc(N)c(C(=O)C2(CN)CCC(C)CC2)c1. The van der Waals surface area contributed by atoms with Crippen molar-refractivity contribution < 1.29 is 4.79 Å². The number of nitrogens with two attached hydrogens (primary N) is 2. The van der Waals surface area contributed by atoms with Crippen LogP contribution in [0.5, 0.6) is 0 Å². The Morgan fingerprint density at radius 1 is 1.47 bits per heavy atom. The van der Waals surface area contributed by atoms with Crippen molar-refractivity contribution in [3.05, 3.63) is 23.4 Å². The second-order valence-electron chi connectivity index (χ2n) is 5.94. The van der Waals surface area contributed by atoms with Crippen molar-refractivity contribution in [1.29, 1.82) is 0 Å². The van der Waals surface area contributed by atoms with E-state index in [1.165, 1.54) is 0 Å². The van der Waals surface area contributed by atoms with E-state index in [2.05, 4.69) is 11.9 Å². The number of hydrogen-bond acceptors (Lipinski definition) is 4. The van der Waals surface area contributed by atoms with Gasteiger partial charge in [-0.15, -0.1) is 0 Å². The van der Waals surface area contributed by atoms with E-state index in [4.69, 9.17) is 11.5 Å². The molecule has 4 nitrogen and oxygen atoms in total. The van der Waals surface area contributed by atoms with Crippen LogP contribution in [0.3, 0.4) is 0 Å². The number of ketones is 1. The summed E-state index contributed by atoms with van der Waals surface area (Å²) < 4.78 is 0. The molecule has 1 heterocycles. The lowest BCUT2D eigenvalue weighted by atomic mass is 9.67. The Kier molecular flexibility index (Phi) is 3.90. The summed E-state index contributed by atoms with van der Waals surface area (Å²) in [5, 5.41) is 0. The fraction of sp³-hybridized carbons (Fsp3) is 0.600. The standard InChI is InChI=1S/C15H23N3O/c1-10-3-5-15(9-16,6-4-10)13(19)12-7-11(2)8-18-14(12)17/h7-8,10H,3-6,9,16H2,1-2H3,(H2,17,18). The molecule has 1 aliphatic rings. The number of hydrogen-bond donors (Lipinski definition) is 2. The lowest BCUT2D eigenvalue weighted by Gasteiger charge is -2.37. The fourth-order valence-corrected chi connectivity index (χ4v) is 2.89. The van der Waals surface area contributed by atoms with Crippen molar-refractivity contribution in [3.63, 3.8) is 0 Å². The molecule has 0 unspecified atom stereocenters. The average Bonchev–Trinajstić information content (AvgIpc) is 2.42. The van der Waals surface area contributed by atoms with Crippen LogP contribution in [0.2, 0.25) is 0 Å². The van der Waals surface area contributed by atoms with Crippen molar-refractivity contribution in [2.24, 2.45) is 17.1 Å². The van der Waals surface area contributed by atoms with Crippen LogP contribution < -0.4 is 11.5 Å². The molecule has 1 aliphatic carbocycles. The van der Waals surface area contributed by atoms with Gasteiger partial charge in [-0.05, 0) is 50.2 Å². The Morgan fingerprint density at radius 3 is 2.68 bits per heavy atom. The number of carbonyl (C=O) groups is 1. The number of carbonyl (C=O) groups excluding carboxylic acids is 1. The largest absolute Gasteiger partial charge is 0.383 e. The van der Waals surface area contributed by atoms with Crippen LogP contribution in [0.4, 0.5) is 5.82 Å². The Hall–Kier alpha value is -1.42. The highest BCUT2D eigenvalue weighted by Gasteiger charge is 2.40. The van der Waals surface area contributed by atoms with E-state index in [0.29, 0.717) is 23.8 Å². The van der Waals surface area contributed by atoms with Gasteiger partial charge in [0, 0.05) is 18.2 Å². The fourth-order valence-electron chi connectivity index (χ4n) is 2.89. The Balaban J connectivity index is 2.33. The van der Waals surface area contributed by atoms with E-state index in [1.54, 1.807) is 6.20 Å². The molecule has 0 aromatic carbocycles. The molecule has 0 bridgehead atoms. The summed E-state index contributed by atoms with van der Waals surface area (Å²) in [5.74, 6) is 1.08. The third kappa shape index (κ3) is 2.63. The quantitative estimate of drug-likeness (QED) is 0.818. The summed E-state index contributed by atoms with van der Waals surface area (Å²) in [6.07, 6.45) is 5.52. The molecule has 0 radical (unpaired) electrons. The predicted octanol–water partition coefficient (Wildman–Crippen LogP) is 2.31. The van der Waals surface area contributed by atoms with Crippen LogP contribution in [0.15, 0.2) is 12.3 Å². The van der Waals surface area contributed by atoms with Crippen molar-refractivity contribution >= 4 is 11.6 Å². The van der Waals surface area contributed by atoms with Gasteiger partial charge in [-0.1, -0.05) is 6.92 Å². The van der Waals surface area contributed by atoms with Crippen LogP contribution in [-0.2, 0) is 0 Å². The molecule has 2 rings (SSSR count). The number of aromatic nitrogens is 1. The molecule has 1 saturated carbocycles. The molecule has 4 N–H and O–H groups in total. The summed E-state index contributed by atoms with van der Waals surface area (Å²) in [5.41, 5.74) is 12.9. The maximum atomic E-state index is 12.8. The first kappa shape index (κ1) is 14.0. The first-order valence-electron chi connectivity index (χ1n) is 6.95. The van der Waals surface area contributed by atoms with Gasteiger partial charge in [-0.25, -0.2) is 4.98 Å². The number of nitrogens with zero attached hydrogens (tertiary/aromatic N) is 1. The summed E-state index contributed by atoms with van der Waals surface area (Å²) in [6, 6.07) is 1.83. The highest BCUT2D eigenvalue weighted by atomic mass is 16.1. The third-order valence-electron chi connectivity index (χ3n) is 4.40. The summed E-state index contributed by atoms with van der Waals surface area (Å²) in [6.45, 7) is 4.54. The molecular weight excluding hydrogens is 238 g/mol. The lowest BCUT2D eigenvalue weighted by molar-refractivity contribution is 0.0696. The molecule has 4 heteroatoms. The molecule has 19 heavy (non-hydrogen) atoms. The molecule has 0 aliphatic heterocycles. The number of rotatable bonds is 3. The smallest absolute Gasteiger partial charge is 0.173 e. The minimum atomic E-state index is -0.434. The summed E-state index contributed by atoms with van der Waals surface area (Å²) in [4.78, 5) is 16.9. The second kappa shape index (κ2) is 5.29. The zero-order chi connectivity index (χ0) is 14.0. The molecule has 1 aromatic rings. The van der Waals surface area contributed by atoms with E-state index < -0.39 is 5.41 Å². The Morgan fingerprint density at radius 2 is 2.11 bits per heavy atom. The summed E-state index contributed by atoms with van der Waals surface area (Å²) in [7, 11) is 0. The van der Waals surface area contributed by atoms with Gasteiger partial charge in [0.25, 0.3) is 0 Å². The molecule has 1 fully saturated rings. The van der Waals surface area contributed by atoms with E-state index in [9.17, 15) is 4.79 Å². The molecular formula is C15H23N3O. The van der Waals surface area contributed by atoms with Crippen LogP contribution in [-0.4, -0.2) is 17.3 Å². The zero-order valence-electron chi connectivity index (χ0n) is 11.8. The maximum Gasteiger partial charge on any atom is 0.173 e. The van der Waals surface area contributed by atoms with Gasteiger partial charge < -0.3 is 11.5 Å². The van der Waals surface area contributed by atoms with Crippen molar-refractivity contribution in [2.75, 3.05) is 12.3 Å². The molecule has 104 valence electrons. The Labute approximate surface area is 114 Å². The van der Waals surface area contributed by atoms with Gasteiger partial charge in [-0.2, -0.15) is 0 Å². The molecule has 1 aromatic heterocycles. The number of aryl methyl sites for hydroxylation is 1. The van der Waals surface area contributed by atoms with Crippen molar-refractivity contribution in [2.45, 2.75) is 39.5 Å². The third-order valence-corrected chi connectivity index (χ3v) is 4.40. The van der Waals surface area contributed by atoms with Crippen LogP contribution >= 0.6 is 0 Å². The van der Waals surface area contributed by atoms with Crippen LogP contribution in [0.25, 0.3) is 0 Å². The average molecular weight is 261 g/mol. The molecule has 0 saturated heterocycles. The first-order valence-corrected chi connectivity index (χ1v) is 6.95. The highest BCUT2D eigenvalue weighted by Crippen LogP contribution is 2.41. The van der Waals surface area contributed by atoms with Gasteiger partial charge in [0.05, 0.1) is 5.56 Å². The van der Waals surface area contributed by atoms with Crippen molar-refractivity contribution in [1.82, 2.24) is 4.98 Å². The normalized spacial score (nSPS) is 27.2. The first-order chi connectivity index (χ1) is 8.98. The second-order valence-corrected chi connectivity index (χ2v) is 5.94. The van der Waals surface area contributed by atoms with Gasteiger partial charge in [-0.3, -0.25) is 4.79 Å². The number of Topliss-reactive ketones (excluding diaryl/α,β-unsaturated/α-hetero) is 1. The monoisotopic (exact) mass is 261 g/mol. The predicted molar refractivity (Wildman–Crippen MR) is 76.8 cm³/mol. The minimum Gasteiger partial charge on any atom is -0.383 e. The zero-order valence-corrected chi connectivity index (χ0v) is 11.8. The minimum absolute atomic E-state index is 0.0793. The van der Waals surface area contributed by atoms with Gasteiger partial charge >= 0.3 is 0 Å². The molecule has 0 spiro atoms. The Bertz CT molecular complexity index is 476. The molecule has 0 atom stereocenters. The van der Waals surface area contributed by atoms with Crippen LogP contribution in [0.1, 0.15) is 48.5 Å². The van der Waals surface area contributed by atoms with E-state index in [-0.39, 0.29) is 5.78 Å². The van der Waals surface area contributed by atoms with E-state index in [0.717, 1.165) is 31.2 Å². The van der Waals surface area contributed by atoms with E-state index in [1.807, 2.05) is 13.0 Å².